The number of rotatable bonds is 8. The molecule has 2 N–H and O–H groups in total. The first-order valence-electron chi connectivity index (χ1n) is 13.4. The Balaban J connectivity index is 1.27. The van der Waals surface area contributed by atoms with E-state index in [9.17, 15) is 22.4 Å². The predicted octanol–water partition coefficient (Wildman–Crippen LogP) is 3.47. The van der Waals surface area contributed by atoms with E-state index in [0.717, 1.165) is 22.4 Å². The number of fused-ring (bicyclic) bond motifs is 2. The summed E-state index contributed by atoms with van der Waals surface area (Å²) in [6.45, 7) is 0.670. The van der Waals surface area contributed by atoms with Crippen LogP contribution in [0.3, 0.4) is 0 Å². The summed E-state index contributed by atoms with van der Waals surface area (Å²) in [5, 5.41) is 5.84. The summed E-state index contributed by atoms with van der Waals surface area (Å²) in [6, 6.07) is 16.3. The standard InChI is InChI=1S/C30H33FN4O4S/c1-40(38,39)35-20-30(25-4-2-3-5-27(25)35)14-10-23(11-15-30)28(36)34-26(18-21-6-8-24(31)9-7-21)29(37)33-19-22-12-16-32-17-13-22/h2-9,12-13,16-17,23,26H,10-11,14-15,18-20H2,1H3,(H,33,37)(H,34,36). The van der Waals surface area contributed by atoms with Gasteiger partial charge in [0.25, 0.3) is 0 Å². The Kier molecular flexibility index (Phi) is 7.89. The zero-order valence-electron chi connectivity index (χ0n) is 22.3. The van der Waals surface area contributed by atoms with E-state index >= 15 is 0 Å². The number of anilines is 1. The van der Waals surface area contributed by atoms with Crippen LogP contribution in [0.2, 0.25) is 0 Å². The Labute approximate surface area is 234 Å². The van der Waals surface area contributed by atoms with Crippen molar-refractivity contribution in [2.24, 2.45) is 5.92 Å². The lowest BCUT2D eigenvalue weighted by atomic mass is 9.67. The highest BCUT2D eigenvalue weighted by atomic mass is 32.2. The van der Waals surface area contributed by atoms with Crippen LogP contribution < -0.4 is 14.9 Å². The van der Waals surface area contributed by atoms with Crippen LogP contribution in [0.1, 0.15) is 42.4 Å². The molecule has 1 aliphatic carbocycles. The highest BCUT2D eigenvalue weighted by Gasteiger charge is 2.48. The van der Waals surface area contributed by atoms with Gasteiger partial charge in [-0.2, -0.15) is 0 Å². The molecule has 1 aromatic heterocycles. The molecule has 2 aliphatic rings. The van der Waals surface area contributed by atoms with Crippen LogP contribution in [0.4, 0.5) is 10.1 Å². The highest BCUT2D eigenvalue weighted by molar-refractivity contribution is 7.92. The van der Waals surface area contributed by atoms with Gasteiger partial charge in [0.1, 0.15) is 11.9 Å². The first kappa shape index (κ1) is 27.8. The second kappa shape index (κ2) is 11.4. The van der Waals surface area contributed by atoms with E-state index in [1.165, 1.54) is 22.7 Å². The van der Waals surface area contributed by atoms with Gasteiger partial charge in [0.2, 0.25) is 21.8 Å². The van der Waals surface area contributed by atoms with Crippen LogP contribution in [0, 0.1) is 11.7 Å². The van der Waals surface area contributed by atoms with Crippen LogP contribution in [-0.2, 0) is 38.0 Å². The number of nitrogens with zero attached hydrogens (tertiary/aromatic N) is 2. The summed E-state index contributed by atoms with van der Waals surface area (Å²) in [6.07, 6.45) is 7.25. The molecule has 0 saturated heterocycles. The van der Waals surface area contributed by atoms with Crippen LogP contribution in [-0.4, -0.2) is 44.1 Å². The average molecular weight is 565 g/mol. The molecule has 0 radical (unpaired) electrons. The second-order valence-electron chi connectivity index (χ2n) is 10.8. The van der Waals surface area contributed by atoms with Gasteiger partial charge in [-0.05, 0) is 72.7 Å². The van der Waals surface area contributed by atoms with Gasteiger partial charge in [0, 0.05) is 43.2 Å². The molecule has 1 aliphatic heterocycles. The molecule has 8 nitrogen and oxygen atoms in total. The van der Waals surface area contributed by atoms with Gasteiger partial charge in [-0.1, -0.05) is 30.3 Å². The van der Waals surface area contributed by atoms with Crippen molar-refractivity contribution in [3.05, 3.63) is 95.6 Å². The number of nitrogens with one attached hydrogen (secondary N) is 2. The van der Waals surface area contributed by atoms with Gasteiger partial charge in [0.05, 0.1) is 11.9 Å². The van der Waals surface area contributed by atoms with E-state index < -0.39 is 16.1 Å². The maximum atomic E-state index is 13.5. The molecule has 0 bridgehead atoms. The smallest absolute Gasteiger partial charge is 0.243 e. The number of sulfonamides is 1. The van der Waals surface area contributed by atoms with Crippen LogP contribution in [0.25, 0.3) is 0 Å². The van der Waals surface area contributed by atoms with Crippen LogP contribution in [0.15, 0.2) is 73.1 Å². The van der Waals surface area contributed by atoms with Crippen molar-refractivity contribution in [3.8, 4) is 0 Å². The van der Waals surface area contributed by atoms with E-state index in [0.29, 0.717) is 38.8 Å². The van der Waals surface area contributed by atoms with Crippen LogP contribution >= 0.6 is 0 Å². The first-order valence-corrected chi connectivity index (χ1v) is 15.3. The molecule has 40 heavy (non-hydrogen) atoms. The van der Waals surface area contributed by atoms with E-state index in [2.05, 4.69) is 15.6 Å². The molecule has 5 rings (SSSR count). The molecule has 1 saturated carbocycles. The fourth-order valence-corrected chi connectivity index (χ4v) is 6.91. The molecule has 3 aromatic rings. The van der Waals surface area contributed by atoms with Crippen molar-refractivity contribution in [1.82, 2.24) is 15.6 Å². The zero-order valence-corrected chi connectivity index (χ0v) is 23.2. The SMILES string of the molecule is CS(=O)(=O)N1CC2(CCC(C(=O)NC(Cc3ccc(F)cc3)C(=O)NCc3ccncc3)CC2)c2ccccc21. The number of amides is 2. The molecule has 1 unspecified atom stereocenters. The molecular weight excluding hydrogens is 531 g/mol. The Morgan fingerprint density at radius 2 is 1.70 bits per heavy atom. The van der Waals surface area contributed by atoms with Crippen LogP contribution in [0.5, 0.6) is 0 Å². The lowest BCUT2D eigenvalue weighted by molar-refractivity contribution is -0.132. The molecule has 1 spiro atoms. The largest absolute Gasteiger partial charge is 0.350 e. The summed E-state index contributed by atoms with van der Waals surface area (Å²) < 4.78 is 39.9. The third-order valence-corrected chi connectivity index (χ3v) is 9.23. The number of carbonyl (C=O) groups excluding carboxylic acids is 2. The summed E-state index contributed by atoms with van der Waals surface area (Å²) in [5.41, 5.74) is 3.03. The topological polar surface area (TPSA) is 108 Å². The van der Waals surface area contributed by atoms with Gasteiger partial charge in [0.15, 0.2) is 0 Å². The van der Waals surface area contributed by atoms with Gasteiger partial charge in [-0.3, -0.25) is 18.9 Å². The number of carbonyl (C=O) groups is 2. The minimum absolute atomic E-state index is 0.202. The Morgan fingerprint density at radius 1 is 1.02 bits per heavy atom. The quantitative estimate of drug-likeness (QED) is 0.436. The van der Waals surface area contributed by atoms with Gasteiger partial charge in [-0.25, -0.2) is 12.8 Å². The predicted molar refractivity (Wildman–Crippen MR) is 150 cm³/mol. The van der Waals surface area contributed by atoms with Gasteiger partial charge in [-0.15, -0.1) is 0 Å². The van der Waals surface area contributed by atoms with E-state index in [1.54, 1.807) is 36.7 Å². The maximum Gasteiger partial charge on any atom is 0.243 e. The summed E-state index contributed by atoms with van der Waals surface area (Å²) in [7, 11) is -3.42. The first-order chi connectivity index (χ1) is 19.1. The lowest BCUT2D eigenvalue weighted by Gasteiger charge is -2.37. The number of benzene rings is 2. The van der Waals surface area contributed by atoms with Gasteiger partial charge >= 0.3 is 0 Å². The van der Waals surface area contributed by atoms with Crippen molar-refractivity contribution in [1.29, 1.82) is 0 Å². The zero-order chi connectivity index (χ0) is 28.3. The van der Waals surface area contributed by atoms with Gasteiger partial charge < -0.3 is 10.6 Å². The number of hydrogen-bond donors (Lipinski definition) is 2. The second-order valence-corrected chi connectivity index (χ2v) is 12.7. The third kappa shape index (κ3) is 6.01. The maximum absolute atomic E-state index is 13.5. The van der Waals surface area contributed by atoms with Crippen molar-refractivity contribution in [3.63, 3.8) is 0 Å². The van der Waals surface area contributed by atoms with E-state index in [4.69, 9.17) is 0 Å². The summed E-state index contributed by atoms with van der Waals surface area (Å²) in [5.74, 6) is -1.19. The monoisotopic (exact) mass is 564 g/mol. The summed E-state index contributed by atoms with van der Waals surface area (Å²) in [4.78, 5) is 30.6. The number of pyridine rings is 1. The van der Waals surface area contributed by atoms with E-state index in [-0.39, 0.29) is 35.4 Å². The molecule has 2 amide bonds. The Hall–Kier alpha value is -3.79. The van der Waals surface area contributed by atoms with E-state index in [1.807, 2.05) is 24.3 Å². The van der Waals surface area contributed by atoms with Crippen molar-refractivity contribution in [2.75, 3.05) is 17.1 Å². The molecule has 2 heterocycles. The number of aromatic nitrogens is 1. The fourth-order valence-electron chi connectivity index (χ4n) is 5.91. The normalized spacial score (nSPS) is 21.1. The number of para-hydroxylation sites is 1. The highest BCUT2D eigenvalue weighted by Crippen LogP contribution is 2.50. The average Bonchev–Trinajstić information content (AvgIpc) is 3.28. The molecule has 1 fully saturated rings. The Morgan fingerprint density at radius 3 is 2.38 bits per heavy atom. The molecule has 1 atom stereocenters. The molecule has 2 aromatic carbocycles. The number of hydrogen-bond acceptors (Lipinski definition) is 5. The Bertz CT molecular complexity index is 1470. The van der Waals surface area contributed by atoms with Crippen molar-refractivity contribution >= 4 is 27.5 Å². The fraction of sp³-hybridized carbons (Fsp3) is 0.367. The number of halogens is 1. The molecule has 10 heteroatoms. The van der Waals surface area contributed by atoms with Crippen molar-refractivity contribution < 1.29 is 22.4 Å². The van der Waals surface area contributed by atoms with Crippen molar-refractivity contribution in [2.45, 2.75) is 50.1 Å². The molecule has 210 valence electrons. The molecular formula is C30H33FN4O4S. The minimum Gasteiger partial charge on any atom is -0.350 e. The third-order valence-electron chi connectivity index (χ3n) is 8.11. The summed E-state index contributed by atoms with van der Waals surface area (Å²) >= 11 is 0. The lowest BCUT2D eigenvalue weighted by Crippen LogP contribution is -2.50. The minimum atomic E-state index is -3.42.